The van der Waals surface area contributed by atoms with Crippen molar-refractivity contribution in [2.24, 2.45) is 0 Å². The Hall–Kier alpha value is -2.93. The Morgan fingerprint density at radius 2 is 1.52 bits per heavy atom. The number of nitrogens with zero attached hydrogens (tertiary/aromatic N) is 2. The van der Waals surface area contributed by atoms with Gasteiger partial charge in [-0.25, -0.2) is 10.0 Å². The lowest BCUT2D eigenvalue weighted by molar-refractivity contribution is -0.143. The van der Waals surface area contributed by atoms with Crippen LogP contribution in [0.4, 0.5) is 13.2 Å². The van der Waals surface area contributed by atoms with Gasteiger partial charge in [-0.2, -0.15) is 13.2 Å². The Balaban J connectivity index is 1.77. The van der Waals surface area contributed by atoms with Gasteiger partial charge in [0.25, 0.3) is 0 Å². The predicted octanol–water partition coefficient (Wildman–Crippen LogP) is 4.90. The summed E-state index contributed by atoms with van der Waals surface area (Å²) < 4.78 is 38.9. The second-order valence-electron chi connectivity index (χ2n) is 8.23. The Morgan fingerprint density at radius 3 is 2.10 bits per heavy atom. The number of alkyl halides is 3. The maximum Gasteiger partial charge on any atom is 0.416 e. The predicted molar refractivity (Wildman–Crippen MR) is 110 cm³/mol. The van der Waals surface area contributed by atoms with E-state index in [1.165, 1.54) is 12.1 Å². The standard InChI is InChI=1S/C24H23F3N2O2/c1-28(2)29-20-12-17(15-6-4-3-5-7-15)13-21(30)23(20)19(14-22(29)31)16-8-10-18(11-9-16)24(25,26)27/h3-11,17,19H,12-14H2,1-2H3/t17-,19+/m1/s1. The second kappa shape index (κ2) is 7.96. The van der Waals surface area contributed by atoms with Gasteiger partial charge in [0.1, 0.15) is 0 Å². The number of carbonyl (C=O) groups excluding carboxylic acids is 2. The van der Waals surface area contributed by atoms with E-state index >= 15 is 0 Å². The van der Waals surface area contributed by atoms with E-state index in [1.54, 1.807) is 24.1 Å². The highest BCUT2D eigenvalue weighted by molar-refractivity contribution is 6.02. The van der Waals surface area contributed by atoms with Crippen LogP contribution in [0.1, 0.15) is 47.8 Å². The molecule has 2 aliphatic rings. The third kappa shape index (κ3) is 4.02. The number of benzene rings is 2. The average molecular weight is 428 g/mol. The molecule has 4 rings (SSSR count). The van der Waals surface area contributed by atoms with Gasteiger partial charge in [0.15, 0.2) is 5.78 Å². The van der Waals surface area contributed by atoms with Gasteiger partial charge in [-0.1, -0.05) is 42.5 Å². The van der Waals surface area contributed by atoms with E-state index in [1.807, 2.05) is 30.3 Å². The third-order valence-electron chi connectivity index (χ3n) is 6.01. The Labute approximate surface area is 178 Å². The molecule has 1 amide bonds. The molecule has 1 heterocycles. The summed E-state index contributed by atoms with van der Waals surface area (Å²) in [5.74, 6) is -0.811. The summed E-state index contributed by atoms with van der Waals surface area (Å²) in [7, 11) is 3.50. The maximum atomic E-state index is 13.3. The highest BCUT2D eigenvalue weighted by Gasteiger charge is 2.43. The Kier molecular flexibility index (Phi) is 5.47. The van der Waals surface area contributed by atoms with Crippen molar-refractivity contribution in [3.8, 4) is 0 Å². The molecule has 7 heteroatoms. The van der Waals surface area contributed by atoms with Crippen molar-refractivity contribution in [3.63, 3.8) is 0 Å². The summed E-state index contributed by atoms with van der Waals surface area (Å²) in [6.07, 6.45) is -3.55. The zero-order chi connectivity index (χ0) is 22.3. The average Bonchev–Trinajstić information content (AvgIpc) is 2.72. The lowest BCUT2D eigenvalue weighted by Crippen LogP contribution is -2.47. The molecule has 31 heavy (non-hydrogen) atoms. The second-order valence-corrected chi connectivity index (χ2v) is 8.23. The van der Waals surface area contributed by atoms with Crippen molar-refractivity contribution < 1.29 is 22.8 Å². The topological polar surface area (TPSA) is 40.6 Å². The summed E-state index contributed by atoms with van der Waals surface area (Å²) >= 11 is 0. The number of rotatable bonds is 3. The summed E-state index contributed by atoms with van der Waals surface area (Å²) in [4.78, 5) is 26.3. The SMILES string of the molecule is CN(C)N1C(=O)C[C@@H](c2ccc(C(F)(F)F)cc2)C2=C1C[C@@H](c1ccccc1)CC2=O. The summed E-state index contributed by atoms with van der Waals surface area (Å²) in [5.41, 5.74) is 2.03. The van der Waals surface area contributed by atoms with Gasteiger partial charge in [-0.3, -0.25) is 9.59 Å². The van der Waals surface area contributed by atoms with Crippen molar-refractivity contribution in [1.82, 2.24) is 10.0 Å². The van der Waals surface area contributed by atoms with Crippen LogP contribution >= 0.6 is 0 Å². The van der Waals surface area contributed by atoms with Gasteiger partial charge in [0, 0.05) is 44.1 Å². The van der Waals surface area contributed by atoms with E-state index in [0.29, 0.717) is 29.7 Å². The maximum absolute atomic E-state index is 13.3. The van der Waals surface area contributed by atoms with Crippen LogP contribution in [-0.2, 0) is 15.8 Å². The van der Waals surface area contributed by atoms with Crippen LogP contribution in [0.5, 0.6) is 0 Å². The van der Waals surface area contributed by atoms with E-state index in [4.69, 9.17) is 0 Å². The lowest BCUT2D eigenvalue weighted by atomic mass is 9.73. The van der Waals surface area contributed by atoms with Crippen LogP contribution in [0, 0.1) is 0 Å². The van der Waals surface area contributed by atoms with E-state index in [0.717, 1.165) is 17.7 Å². The minimum atomic E-state index is -4.43. The van der Waals surface area contributed by atoms with E-state index in [-0.39, 0.29) is 24.0 Å². The van der Waals surface area contributed by atoms with Crippen molar-refractivity contribution >= 4 is 11.7 Å². The van der Waals surface area contributed by atoms with Crippen LogP contribution in [0.25, 0.3) is 0 Å². The zero-order valence-corrected chi connectivity index (χ0v) is 17.3. The molecule has 0 unspecified atom stereocenters. The molecular formula is C24H23F3N2O2. The molecule has 0 fully saturated rings. The van der Waals surface area contributed by atoms with Crippen molar-refractivity contribution in [2.75, 3.05) is 14.1 Å². The molecule has 0 saturated carbocycles. The van der Waals surface area contributed by atoms with Crippen LogP contribution in [0.15, 0.2) is 65.9 Å². The first-order chi connectivity index (χ1) is 14.7. The number of ketones is 1. The molecule has 2 atom stereocenters. The molecular weight excluding hydrogens is 405 g/mol. The quantitative estimate of drug-likeness (QED) is 0.698. The molecule has 2 aromatic carbocycles. The smallest absolute Gasteiger partial charge is 0.294 e. The number of amides is 1. The number of hydrogen-bond donors (Lipinski definition) is 0. The van der Waals surface area contributed by atoms with Crippen LogP contribution in [0.2, 0.25) is 0 Å². The first-order valence-electron chi connectivity index (χ1n) is 10.2. The van der Waals surface area contributed by atoms with Crippen molar-refractivity contribution in [1.29, 1.82) is 0 Å². The van der Waals surface area contributed by atoms with Gasteiger partial charge < -0.3 is 0 Å². The molecule has 0 spiro atoms. The van der Waals surface area contributed by atoms with E-state index in [9.17, 15) is 22.8 Å². The van der Waals surface area contributed by atoms with Gasteiger partial charge in [-0.05, 0) is 35.6 Å². The number of hydrazine groups is 1. The monoisotopic (exact) mass is 428 g/mol. The molecule has 0 aromatic heterocycles. The molecule has 1 aliphatic heterocycles. The molecule has 162 valence electrons. The number of Topliss-reactive ketones (excluding diaryl/α,β-unsaturated/α-hetero) is 1. The van der Waals surface area contributed by atoms with Gasteiger partial charge in [0.05, 0.1) is 5.56 Å². The van der Waals surface area contributed by atoms with Crippen LogP contribution in [-0.4, -0.2) is 35.8 Å². The highest BCUT2D eigenvalue weighted by atomic mass is 19.4. The fourth-order valence-electron chi connectivity index (χ4n) is 4.63. The molecule has 1 aliphatic carbocycles. The molecule has 0 radical (unpaired) electrons. The van der Waals surface area contributed by atoms with Crippen LogP contribution < -0.4 is 0 Å². The molecule has 0 N–H and O–H groups in total. The molecule has 4 nitrogen and oxygen atoms in total. The van der Waals surface area contributed by atoms with Gasteiger partial charge >= 0.3 is 6.18 Å². The van der Waals surface area contributed by atoms with E-state index < -0.39 is 17.7 Å². The Bertz CT molecular complexity index is 1030. The van der Waals surface area contributed by atoms with Crippen molar-refractivity contribution in [3.05, 3.63) is 82.6 Å². The fourth-order valence-corrected chi connectivity index (χ4v) is 4.63. The zero-order valence-electron chi connectivity index (χ0n) is 17.3. The number of halogens is 3. The number of allylic oxidation sites excluding steroid dienone is 2. The summed E-state index contributed by atoms with van der Waals surface area (Å²) in [5, 5.41) is 3.21. The van der Waals surface area contributed by atoms with Crippen molar-refractivity contribution in [2.45, 2.75) is 37.3 Å². The van der Waals surface area contributed by atoms with Crippen LogP contribution in [0.3, 0.4) is 0 Å². The van der Waals surface area contributed by atoms with Gasteiger partial charge in [0.2, 0.25) is 5.91 Å². The fraction of sp³-hybridized carbons (Fsp3) is 0.333. The first-order valence-corrected chi connectivity index (χ1v) is 10.2. The largest absolute Gasteiger partial charge is 0.416 e. The molecule has 0 bridgehead atoms. The molecule has 2 aromatic rings. The lowest BCUT2D eigenvalue weighted by Gasteiger charge is -2.42. The molecule has 0 saturated heterocycles. The summed E-state index contributed by atoms with van der Waals surface area (Å²) in [6.45, 7) is 0. The number of carbonyl (C=O) groups is 2. The minimum Gasteiger partial charge on any atom is -0.294 e. The number of hydrogen-bond acceptors (Lipinski definition) is 3. The Morgan fingerprint density at radius 1 is 0.871 bits per heavy atom. The first kappa shape index (κ1) is 21.3. The minimum absolute atomic E-state index is 0.0458. The van der Waals surface area contributed by atoms with Gasteiger partial charge in [-0.15, -0.1) is 0 Å². The van der Waals surface area contributed by atoms with E-state index in [2.05, 4.69) is 0 Å². The highest BCUT2D eigenvalue weighted by Crippen LogP contribution is 2.46. The summed E-state index contributed by atoms with van der Waals surface area (Å²) in [6, 6.07) is 14.5. The normalized spacial score (nSPS) is 22.2. The third-order valence-corrected chi connectivity index (χ3v) is 6.01.